The first kappa shape index (κ1) is 11.3. The van der Waals surface area contributed by atoms with Crippen molar-refractivity contribution in [3.8, 4) is 0 Å². The Labute approximate surface area is 88.1 Å². The number of alkyl halides is 1. The first-order chi connectivity index (χ1) is 6.53. The van der Waals surface area contributed by atoms with Gasteiger partial charge < -0.3 is 0 Å². The summed E-state index contributed by atoms with van der Waals surface area (Å²) in [5.74, 6) is 0.374. The molecular formula is C7H12ClN3O2S. The van der Waals surface area contributed by atoms with Gasteiger partial charge in [0, 0.05) is 19.1 Å². The van der Waals surface area contributed by atoms with Crippen molar-refractivity contribution >= 4 is 27.3 Å². The summed E-state index contributed by atoms with van der Waals surface area (Å²) in [5.41, 5.74) is 0.474. The molecule has 0 amide bonds. The Morgan fingerprint density at radius 2 is 2.36 bits per heavy atom. The molecule has 7 heteroatoms. The smallest absolute Gasteiger partial charge is 0.232 e. The average Bonchev–Trinajstić information content (AvgIpc) is 2.47. The fourth-order valence-electron chi connectivity index (χ4n) is 0.949. The van der Waals surface area contributed by atoms with Gasteiger partial charge >= 0.3 is 0 Å². The van der Waals surface area contributed by atoms with Gasteiger partial charge in [0.1, 0.15) is 0 Å². The number of nitrogens with one attached hydrogen (secondary N) is 1. The van der Waals surface area contributed by atoms with Crippen LogP contribution in [0.5, 0.6) is 0 Å². The second-order valence-electron chi connectivity index (χ2n) is 2.87. The Balaban J connectivity index is 2.59. The summed E-state index contributed by atoms with van der Waals surface area (Å²) >= 11 is 5.41. The maximum absolute atomic E-state index is 11.4. The molecule has 5 nitrogen and oxygen atoms in total. The van der Waals surface area contributed by atoms with Crippen LogP contribution in [0.4, 0.5) is 5.69 Å². The highest BCUT2D eigenvalue weighted by molar-refractivity contribution is 7.92. The van der Waals surface area contributed by atoms with Crippen LogP contribution in [0.25, 0.3) is 0 Å². The Morgan fingerprint density at radius 1 is 1.64 bits per heavy atom. The van der Waals surface area contributed by atoms with Crippen molar-refractivity contribution in [2.75, 3.05) is 16.4 Å². The molecule has 1 heterocycles. The zero-order valence-electron chi connectivity index (χ0n) is 7.77. The van der Waals surface area contributed by atoms with E-state index in [-0.39, 0.29) is 5.75 Å². The average molecular weight is 238 g/mol. The molecule has 0 atom stereocenters. The summed E-state index contributed by atoms with van der Waals surface area (Å²) < 4.78 is 26.7. The fraction of sp³-hybridized carbons (Fsp3) is 0.571. The summed E-state index contributed by atoms with van der Waals surface area (Å²) in [5, 5.41) is 3.84. The van der Waals surface area contributed by atoms with E-state index in [1.807, 2.05) is 0 Å². The normalized spacial score (nSPS) is 11.6. The second kappa shape index (κ2) is 4.65. The monoisotopic (exact) mass is 237 g/mol. The Kier molecular flexibility index (Phi) is 3.77. The predicted octanol–water partition coefficient (Wildman–Crippen LogP) is 0.791. The number of rotatable bonds is 5. The Bertz CT molecular complexity index is 387. The van der Waals surface area contributed by atoms with E-state index in [0.717, 1.165) is 0 Å². The minimum Gasteiger partial charge on any atom is -0.280 e. The standard InChI is InChI=1S/C7H12ClN3O2S/c1-11-6-7(5-9-11)10-14(12,13)4-2-3-8/h5-6,10H,2-4H2,1H3. The molecule has 0 radical (unpaired) electrons. The molecule has 1 N–H and O–H groups in total. The van der Waals surface area contributed by atoms with Gasteiger partial charge in [0.05, 0.1) is 17.6 Å². The molecule has 0 aliphatic heterocycles. The van der Waals surface area contributed by atoms with Gasteiger partial charge in [-0.2, -0.15) is 5.10 Å². The third-order valence-electron chi connectivity index (χ3n) is 1.52. The molecule has 14 heavy (non-hydrogen) atoms. The van der Waals surface area contributed by atoms with E-state index in [0.29, 0.717) is 18.0 Å². The van der Waals surface area contributed by atoms with Crippen LogP contribution in [-0.2, 0) is 17.1 Å². The van der Waals surface area contributed by atoms with Crippen LogP contribution in [-0.4, -0.2) is 29.8 Å². The predicted molar refractivity (Wildman–Crippen MR) is 56.0 cm³/mol. The van der Waals surface area contributed by atoms with Crippen LogP contribution in [0.1, 0.15) is 6.42 Å². The molecule has 0 aliphatic rings. The number of aromatic nitrogens is 2. The van der Waals surface area contributed by atoms with E-state index in [1.54, 1.807) is 13.2 Å². The molecular weight excluding hydrogens is 226 g/mol. The van der Waals surface area contributed by atoms with Gasteiger partial charge in [0.15, 0.2) is 0 Å². The van der Waals surface area contributed by atoms with Crippen molar-refractivity contribution in [3.05, 3.63) is 12.4 Å². The summed E-state index contributed by atoms with van der Waals surface area (Å²) in [4.78, 5) is 0. The number of hydrogen-bond donors (Lipinski definition) is 1. The number of sulfonamides is 1. The largest absolute Gasteiger partial charge is 0.280 e. The molecule has 0 aliphatic carbocycles. The summed E-state index contributed by atoms with van der Waals surface area (Å²) in [7, 11) is -1.55. The number of aryl methyl sites for hydroxylation is 1. The zero-order valence-corrected chi connectivity index (χ0v) is 9.35. The van der Waals surface area contributed by atoms with E-state index in [2.05, 4.69) is 9.82 Å². The summed E-state index contributed by atoms with van der Waals surface area (Å²) in [6.45, 7) is 0. The molecule has 0 aromatic carbocycles. The van der Waals surface area contributed by atoms with Gasteiger partial charge in [0.25, 0.3) is 0 Å². The molecule has 0 unspecified atom stereocenters. The second-order valence-corrected chi connectivity index (χ2v) is 5.09. The zero-order chi connectivity index (χ0) is 10.6. The van der Waals surface area contributed by atoms with Gasteiger partial charge in [0.2, 0.25) is 10.0 Å². The first-order valence-electron chi connectivity index (χ1n) is 4.08. The first-order valence-corrected chi connectivity index (χ1v) is 6.27. The molecule has 0 saturated carbocycles. The van der Waals surface area contributed by atoms with Crippen LogP contribution in [0.2, 0.25) is 0 Å². The number of halogens is 1. The molecule has 1 rings (SSSR count). The fourth-order valence-corrected chi connectivity index (χ4v) is 2.33. The van der Waals surface area contributed by atoms with E-state index in [4.69, 9.17) is 11.6 Å². The molecule has 0 fully saturated rings. The van der Waals surface area contributed by atoms with Gasteiger partial charge in [-0.05, 0) is 6.42 Å². The molecule has 1 aromatic rings. The third kappa shape index (κ3) is 3.55. The molecule has 80 valence electrons. The van der Waals surface area contributed by atoms with E-state index in [9.17, 15) is 8.42 Å². The van der Waals surface area contributed by atoms with Crippen LogP contribution in [0.3, 0.4) is 0 Å². The van der Waals surface area contributed by atoms with Crippen molar-refractivity contribution < 1.29 is 8.42 Å². The molecule has 0 bridgehead atoms. The lowest BCUT2D eigenvalue weighted by Gasteiger charge is -2.03. The van der Waals surface area contributed by atoms with Gasteiger partial charge in [-0.15, -0.1) is 11.6 Å². The third-order valence-corrected chi connectivity index (χ3v) is 3.17. The van der Waals surface area contributed by atoms with Crippen LogP contribution in [0.15, 0.2) is 12.4 Å². The van der Waals surface area contributed by atoms with E-state index < -0.39 is 10.0 Å². The van der Waals surface area contributed by atoms with Crippen molar-refractivity contribution in [2.24, 2.45) is 7.05 Å². The maximum Gasteiger partial charge on any atom is 0.232 e. The number of nitrogens with zero attached hydrogens (tertiary/aromatic N) is 2. The highest BCUT2D eigenvalue weighted by Crippen LogP contribution is 2.07. The number of anilines is 1. The van der Waals surface area contributed by atoms with E-state index >= 15 is 0 Å². The lowest BCUT2D eigenvalue weighted by atomic mass is 10.6. The molecule has 0 saturated heterocycles. The quantitative estimate of drug-likeness (QED) is 0.771. The van der Waals surface area contributed by atoms with Gasteiger partial charge in [-0.25, -0.2) is 8.42 Å². The van der Waals surface area contributed by atoms with Crippen molar-refractivity contribution in [1.29, 1.82) is 0 Å². The highest BCUT2D eigenvalue weighted by atomic mass is 35.5. The topological polar surface area (TPSA) is 64.0 Å². The van der Waals surface area contributed by atoms with Crippen molar-refractivity contribution in [1.82, 2.24) is 9.78 Å². The van der Waals surface area contributed by atoms with Crippen LogP contribution in [0, 0.1) is 0 Å². The Hall–Kier alpha value is -0.750. The maximum atomic E-state index is 11.4. The lowest BCUT2D eigenvalue weighted by molar-refractivity contribution is 0.600. The summed E-state index contributed by atoms with van der Waals surface area (Å²) in [6.07, 6.45) is 3.49. The molecule has 0 spiro atoms. The van der Waals surface area contributed by atoms with Crippen molar-refractivity contribution in [3.63, 3.8) is 0 Å². The summed E-state index contributed by atoms with van der Waals surface area (Å²) in [6, 6.07) is 0. The minimum atomic E-state index is -3.27. The SMILES string of the molecule is Cn1cc(NS(=O)(=O)CCCCl)cn1. The van der Waals surface area contributed by atoms with Crippen molar-refractivity contribution in [2.45, 2.75) is 6.42 Å². The number of hydrogen-bond acceptors (Lipinski definition) is 3. The van der Waals surface area contributed by atoms with Gasteiger partial charge in [-0.1, -0.05) is 0 Å². The van der Waals surface area contributed by atoms with Crippen LogP contribution >= 0.6 is 11.6 Å². The highest BCUT2D eigenvalue weighted by Gasteiger charge is 2.10. The van der Waals surface area contributed by atoms with Gasteiger partial charge in [-0.3, -0.25) is 9.40 Å². The lowest BCUT2D eigenvalue weighted by Crippen LogP contribution is -2.16. The minimum absolute atomic E-state index is 0.0331. The molecule has 1 aromatic heterocycles. The van der Waals surface area contributed by atoms with Crippen LogP contribution < -0.4 is 4.72 Å². The Morgan fingerprint density at radius 3 is 2.86 bits per heavy atom. The van der Waals surface area contributed by atoms with E-state index in [1.165, 1.54) is 10.9 Å².